The molecule has 2 aromatic carbocycles. The fourth-order valence-electron chi connectivity index (χ4n) is 2.80. The Labute approximate surface area is 165 Å². The van der Waals surface area contributed by atoms with Crippen LogP contribution in [-0.4, -0.2) is 19.1 Å². The van der Waals surface area contributed by atoms with E-state index in [1.165, 1.54) is 30.3 Å². The van der Waals surface area contributed by atoms with Crippen molar-refractivity contribution >= 4 is 22.6 Å². The third-order valence-electron chi connectivity index (χ3n) is 4.10. The second kappa shape index (κ2) is 8.72. The van der Waals surface area contributed by atoms with Crippen LogP contribution in [0.1, 0.15) is 25.3 Å². The lowest BCUT2D eigenvalue weighted by Gasteiger charge is -2.11. The summed E-state index contributed by atoms with van der Waals surface area (Å²) in [7, 11) is 0. The number of amides is 1. The summed E-state index contributed by atoms with van der Waals surface area (Å²) in [5, 5.41) is 3.39. The van der Waals surface area contributed by atoms with E-state index in [1.54, 1.807) is 18.2 Å². The number of benzene rings is 2. The van der Waals surface area contributed by atoms with Crippen LogP contribution < -0.4 is 20.4 Å². The quantitative estimate of drug-likeness (QED) is 0.586. The lowest BCUT2D eigenvalue weighted by molar-refractivity contribution is -0.118. The van der Waals surface area contributed by atoms with Crippen molar-refractivity contribution in [1.29, 1.82) is 0 Å². The number of nitrogens with one attached hydrogen (secondary N) is 1. The first-order valence-corrected chi connectivity index (χ1v) is 8.87. The molecule has 8 heteroatoms. The van der Waals surface area contributed by atoms with Gasteiger partial charge in [-0.25, -0.2) is 4.79 Å². The number of hydrogen-bond donors (Lipinski definition) is 1. The van der Waals surface area contributed by atoms with E-state index in [2.05, 4.69) is 10.1 Å². The number of anilines is 1. The number of halogens is 2. The van der Waals surface area contributed by atoms with Crippen LogP contribution in [0.2, 0.25) is 0 Å². The van der Waals surface area contributed by atoms with Gasteiger partial charge in [0.1, 0.15) is 17.1 Å². The number of ether oxygens (including phenoxy) is 2. The number of carbonyl (C=O) groups is 1. The Bertz CT molecular complexity index is 1060. The van der Waals surface area contributed by atoms with Crippen molar-refractivity contribution in [3.05, 3.63) is 64.5 Å². The van der Waals surface area contributed by atoms with Crippen molar-refractivity contribution in [2.75, 3.05) is 11.9 Å². The number of alkyl halides is 2. The number of fused-ring (bicyclic) bond motifs is 1. The summed E-state index contributed by atoms with van der Waals surface area (Å²) in [6.07, 6.45) is 0. The van der Waals surface area contributed by atoms with E-state index in [1.807, 2.05) is 13.8 Å². The van der Waals surface area contributed by atoms with E-state index in [-0.39, 0.29) is 18.3 Å². The Hall–Kier alpha value is -3.42. The molecule has 1 heterocycles. The average molecular weight is 403 g/mol. The molecule has 0 bridgehead atoms. The lowest BCUT2D eigenvalue weighted by atomic mass is 10.00. The van der Waals surface area contributed by atoms with Gasteiger partial charge in [0.15, 0.2) is 6.61 Å². The smallest absolute Gasteiger partial charge is 0.387 e. The summed E-state index contributed by atoms with van der Waals surface area (Å²) < 4.78 is 39.2. The van der Waals surface area contributed by atoms with Gasteiger partial charge < -0.3 is 19.2 Å². The maximum Gasteiger partial charge on any atom is 0.387 e. The fourth-order valence-corrected chi connectivity index (χ4v) is 2.80. The van der Waals surface area contributed by atoms with Crippen molar-refractivity contribution in [3.8, 4) is 11.5 Å². The van der Waals surface area contributed by atoms with Gasteiger partial charge in [-0.15, -0.1) is 0 Å². The SMILES string of the molecule is CC(C)c1cc(=O)oc2cc(OCC(=O)Nc3ccc(OC(F)F)cc3)ccc12. The Morgan fingerprint density at radius 1 is 1.07 bits per heavy atom. The van der Waals surface area contributed by atoms with Gasteiger partial charge in [0.2, 0.25) is 0 Å². The zero-order chi connectivity index (χ0) is 21.0. The van der Waals surface area contributed by atoms with Crippen LogP contribution in [0.3, 0.4) is 0 Å². The lowest BCUT2D eigenvalue weighted by Crippen LogP contribution is -2.20. The number of hydrogen-bond acceptors (Lipinski definition) is 5. The van der Waals surface area contributed by atoms with Crippen LogP contribution in [0.15, 0.2) is 57.7 Å². The van der Waals surface area contributed by atoms with Crippen LogP contribution in [0.25, 0.3) is 11.0 Å². The largest absolute Gasteiger partial charge is 0.484 e. The molecule has 1 aromatic heterocycles. The Balaban J connectivity index is 1.64. The first-order valence-electron chi connectivity index (χ1n) is 8.87. The molecule has 3 aromatic rings. The van der Waals surface area contributed by atoms with E-state index >= 15 is 0 Å². The first kappa shape index (κ1) is 20.3. The topological polar surface area (TPSA) is 77.8 Å². The van der Waals surface area contributed by atoms with Gasteiger partial charge in [-0.2, -0.15) is 8.78 Å². The summed E-state index contributed by atoms with van der Waals surface area (Å²) >= 11 is 0. The van der Waals surface area contributed by atoms with Gasteiger partial charge in [0.05, 0.1) is 0 Å². The highest BCUT2D eigenvalue weighted by Crippen LogP contribution is 2.27. The van der Waals surface area contributed by atoms with E-state index in [0.29, 0.717) is 17.0 Å². The summed E-state index contributed by atoms with van der Waals surface area (Å²) in [6, 6.07) is 12.0. The maximum atomic E-state index is 12.1. The zero-order valence-corrected chi connectivity index (χ0v) is 15.8. The van der Waals surface area contributed by atoms with Gasteiger partial charge in [-0.1, -0.05) is 13.8 Å². The third-order valence-corrected chi connectivity index (χ3v) is 4.10. The molecule has 0 unspecified atom stereocenters. The van der Waals surface area contributed by atoms with Gasteiger partial charge in [0.25, 0.3) is 5.91 Å². The van der Waals surface area contributed by atoms with Crippen molar-refractivity contribution in [2.24, 2.45) is 0 Å². The standard InChI is InChI=1S/C21H19F2NO5/c1-12(2)17-10-20(26)29-18-9-15(7-8-16(17)18)27-11-19(25)24-13-3-5-14(6-4-13)28-21(22)23/h3-10,12,21H,11H2,1-2H3,(H,24,25). The summed E-state index contributed by atoms with van der Waals surface area (Å²) in [5.74, 6) is 0.0756. The van der Waals surface area contributed by atoms with Crippen molar-refractivity contribution in [1.82, 2.24) is 0 Å². The predicted octanol–water partition coefficient (Wildman–Crippen LogP) is 4.54. The Morgan fingerprint density at radius 2 is 1.76 bits per heavy atom. The Kier molecular flexibility index (Phi) is 6.11. The molecule has 0 aliphatic rings. The molecule has 0 fully saturated rings. The van der Waals surface area contributed by atoms with E-state index in [0.717, 1.165) is 10.9 Å². The molecule has 0 atom stereocenters. The molecule has 0 saturated carbocycles. The molecule has 1 amide bonds. The molecule has 0 saturated heterocycles. The second-order valence-electron chi connectivity index (χ2n) is 6.57. The maximum absolute atomic E-state index is 12.1. The van der Waals surface area contributed by atoms with Gasteiger partial charge >= 0.3 is 12.2 Å². The van der Waals surface area contributed by atoms with Crippen LogP contribution in [0.4, 0.5) is 14.5 Å². The molecule has 0 spiro atoms. The Morgan fingerprint density at radius 3 is 2.41 bits per heavy atom. The van der Waals surface area contributed by atoms with Crippen molar-refractivity contribution in [3.63, 3.8) is 0 Å². The number of carbonyl (C=O) groups excluding carboxylic acids is 1. The summed E-state index contributed by atoms with van der Waals surface area (Å²) in [6.45, 7) is 0.769. The molecule has 1 N–H and O–H groups in total. The van der Waals surface area contributed by atoms with Crippen LogP contribution in [-0.2, 0) is 4.79 Å². The first-order chi connectivity index (χ1) is 13.8. The molecular formula is C21H19F2NO5. The molecule has 29 heavy (non-hydrogen) atoms. The summed E-state index contributed by atoms with van der Waals surface area (Å²) in [5.41, 5.74) is 1.22. The van der Waals surface area contributed by atoms with Crippen LogP contribution in [0.5, 0.6) is 11.5 Å². The minimum atomic E-state index is -2.91. The molecule has 152 valence electrons. The van der Waals surface area contributed by atoms with Crippen LogP contribution in [0, 0.1) is 0 Å². The third kappa shape index (κ3) is 5.31. The minimum absolute atomic E-state index is 0.00679. The zero-order valence-electron chi connectivity index (χ0n) is 15.8. The van der Waals surface area contributed by atoms with E-state index < -0.39 is 18.1 Å². The van der Waals surface area contributed by atoms with Gasteiger partial charge in [0, 0.05) is 23.2 Å². The van der Waals surface area contributed by atoms with Gasteiger partial charge in [-0.05, 0) is 47.9 Å². The van der Waals surface area contributed by atoms with Crippen LogP contribution >= 0.6 is 0 Å². The fraction of sp³-hybridized carbons (Fsp3) is 0.238. The average Bonchev–Trinajstić information content (AvgIpc) is 2.66. The summed E-state index contributed by atoms with van der Waals surface area (Å²) in [4.78, 5) is 23.8. The monoisotopic (exact) mass is 403 g/mol. The number of rotatable bonds is 7. The normalized spacial score (nSPS) is 11.1. The van der Waals surface area contributed by atoms with E-state index in [4.69, 9.17) is 9.15 Å². The molecule has 0 aliphatic heterocycles. The molecule has 3 rings (SSSR count). The van der Waals surface area contributed by atoms with Gasteiger partial charge in [-0.3, -0.25) is 4.79 Å². The highest BCUT2D eigenvalue weighted by atomic mass is 19.3. The molecule has 0 radical (unpaired) electrons. The van der Waals surface area contributed by atoms with E-state index in [9.17, 15) is 18.4 Å². The molecule has 6 nitrogen and oxygen atoms in total. The second-order valence-corrected chi connectivity index (χ2v) is 6.57. The molecular weight excluding hydrogens is 384 g/mol. The predicted molar refractivity (Wildman–Crippen MR) is 104 cm³/mol. The van der Waals surface area contributed by atoms with Crippen molar-refractivity contribution < 1.29 is 27.5 Å². The highest BCUT2D eigenvalue weighted by Gasteiger charge is 2.11. The molecule has 0 aliphatic carbocycles. The minimum Gasteiger partial charge on any atom is -0.484 e. The highest BCUT2D eigenvalue weighted by molar-refractivity contribution is 5.92. The van der Waals surface area contributed by atoms with Crippen molar-refractivity contribution in [2.45, 2.75) is 26.4 Å².